The van der Waals surface area contributed by atoms with E-state index in [0.29, 0.717) is 5.76 Å². The Morgan fingerprint density at radius 1 is 1.40 bits per heavy atom. The Kier molecular flexibility index (Phi) is 6.03. The number of allylic oxidation sites excluding steroid dienone is 1. The lowest BCUT2D eigenvalue weighted by Crippen LogP contribution is -1.88. The molecule has 2 heteroatoms. The molecule has 0 saturated heterocycles. The molecule has 0 aliphatic carbocycles. The molecule has 2 nitrogen and oxygen atoms in total. The zero-order chi connectivity index (χ0) is 7.82. The third kappa shape index (κ3) is 5.48. The first-order chi connectivity index (χ1) is 4.81. The fourth-order valence-corrected chi connectivity index (χ4v) is 0.816. The van der Waals surface area contributed by atoms with E-state index in [1.54, 1.807) is 0 Å². The van der Waals surface area contributed by atoms with Gasteiger partial charge in [-0.25, -0.2) is 0 Å². The molecule has 0 rings (SSSR count). The maximum absolute atomic E-state index is 8.89. The molecule has 0 heterocycles. The van der Waals surface area contributed by atoms with Gasteiger partial charge in [-0.15, -0.1) is 0 Å². The Morgan fingerprint density at radius 3 is 2.60 bits per heavy atom. The first kappa shape index (κ1) is 9.34. The van der Waals surface area contributed by atoms with Crippen LogP contribution in [-0.4, -0.2) is 5.11 Å². The number of nitrogens with two attached hydrogens (primary N) is 1. The van der Waals surface area contributed by atoms with E-state index in [1.165, 1.54) is 25.5 Å². The molecule has 0 saturated carbocycles. The number of unbranched alkanes of at least 4 members (excludes halogenated alkanes) is 3. The summed E-state index contributed by atoms with van der Waals surface area (Å²) in [6.45, 7) is 2.17. The summed E-state index contributed by atoms with van der Waals surface area (Å²) in [6.07, 6.45) is 6.72. The van der Waals surface area contributed by atoms with Crippen molar-refractivity contribution in [1.29, 1.82) is 0 Å². The van der Waals surface area contributed by atoms with Crippen LogP contribution in [0.1, 0.15) is 39.0 Å². The number of aliphatic hydroxyl groups is 1. The van der Waals surface area contributed by atoms with Crippen molar-refractivity contribution in [2.24, 2.45) is 5.73 Å². The molecular weight excluding hydrogens is 126 g/mol. The molecule has 0 aliphatic rings. The van der Waals surface area contributed by atoms with Gasteiger partial charge < -0.3 is 10.8 Å². The van der Waals surface area contributed by atoms with E-state index in [9.17, 15) is 0 Å². The van der Waals surface area contributed by atoms with Gasteiger partial charge >= 0.3 is 0 Å². The first-order valence-electron chi connectivity index (χ1n) is 3.91. The Balaban J connectivity index is 3.04. The Hall–Kier alpha value is -0.660. The van der Waals surface area contributed by atoms with Crippen LogP contribution < -0.4 is 5.73 Å². The molecule has 0 unspecified atom stereocenters. The van der Waals surface area contributed by atoms with Crippen LogP contribution >= 0.6 is 0 Å². The topological polar surface area (TPSA) is 46.2 Å². The lowest BCUT2D eigenvalue weighted by Gasteiger charge is -1.97. The first-order valence-corrected chi connectivity index (χ1v) is 3.91. The van der Waals surface area contributed by atoms with Crippen LogP contribution in [0.15, 0.2) is 12.0 Å². The summed E-state index contributed by atoms with van der Waals surface area (Å²) >= 11 is 0. The highest BCUT2D eigenvalue weighted by molar-refractivity contribution is 4.85. The van der Waals surface area contributed by atoms with Gasteiger partial charge in [0.25, 0.3) is 0 Å². The lowest BCUT2D eigenvalue weighted by molar-refractivity contribution is 0.379. The van der Waals surface area contributed by atoms with Gasteiger partial charge in [-0.3, -0.25) is 0 Å². The van der Waals surface area contributed by atoms with Crippen molar-refractivity contribution in [3.8, 4) is 0 Å². The lowest BCUT2D eigenvalue weighted by atomic mass is 10.1. The second-order valence-electron chi connectivity index (χ2n) is 2.47. The normalized spacial score (nSPS) is 11.9. The number of hydrogen-bond donors (Lipinski definition) is 2. The minimum Gasteiger partial charge on any atom is -0.511 e. The summed E-state index contributed by atoms with van der Waals surface area (Å²) in [4.78, 5) is 0. The van der Waals surface area contributed by atoms with Crippen molar-refractivity contribution >= 4 is 0 Å². The van der Waals surface area contributed by atoms with E-state index in [4.69, 9.17) is 10.8 Å². The quantitative estimate of drug-likeness (QED) is 0.458. The van der Waals surface area contributed by atoms with Gasteiger partial charge in [0.2, 0.25) is 0 Å². The number of aliphatic hydroxyl groups excluding tert-OH is 1. The molecular formula is C8H17NO. The molecule has 0 aromatic heterocycles. The van der Waals surface area contributed by atoms with Crippen LogP contribution in [-0.2, 0) is 0 Å². The van der Waals surface area contributed by atoms with Crippen LogP contribution in [0.25, 0.3) is 0 Å². The van der Waals surface area contributed by atoms with Crippen molar-refractivity contribution < 1.29 is 5.11 Å². The van der Waals surface area contributed by atoms with Crippen molar-refractivity contribution in [3.05, 3.63) is 12.0 Å². The van der Waals surface area contributed by atoms with E-state index in [2.05, 4.69) is 6.92 Å². The van der Waals surface area contributed by atoms with Crippen molar-refractivity contribution in [1.82, 2.24) is 0 Å². The van der Waals surface area contributed by atoms with E-state index >= 15 is 0 Å². The highest BCUT2D eigenvalue weighted by Crippen LogP contribution is 2.06. The van der Waals surface area contributed by atoms with Gasteiger partial charge in [-0.1, -0.05) is 26.2 Å². The van der Waals surface area contributed by atoms with Crippen LogP contribution in [0.4, 0.5) is 0 Å². The highest BCUT2D eigenvalue weighted by Gasteiger charge is 1.91. The SMILES string of the molecule is CCCCCCC(O)=CN. The molecule has 10 heavy (non-hydrogen) atoms. The molecule has 0 aromatic carbocycles. The van der Waals surface area contributed by atoms with E-state index in [-0.39, 0.29) is 0 Å². The van der Waals surface area contributed by atoms with E-state index in [0.717, 1.165) is 12.8 Å². The van der Waals surface area contributed by atoms with Crippen molar-refractivity contribution in [2.75, 3.05) is 0 Å². The van der Waals surface area contributed by atoms with Crippen LogP contribution in [0, 0.1) is 0 Å². The fraction of sp³-hybridized carbons (Fsp3) is 0.750. The third-order valence-corrected chi connectivity index (χ3v) is 1.48. The third-order valence-electron chi connectivity index (χ3n) is 1.48. The summed E-state index contributed by atoms with van der Waals surface area (Å²) in [5, 5.41) is 8.89. The summed E-state index contributed by atoms with van der Waals surface area (Å²) in [6, 6.07) is 0. The minimum absolute atomic E-state index is 0.316. The van der Waals surface area contributed by atoms with E-state index < -0.39 is 0 Å². The van der Waals surface area contributed by atoms with E-state index in [1.807, 2.05) is 0 Å². The summed E-state index contributed by atoms with van der Waals surface area (Å²) in [7, 11) is 0. The molecule has 60 valence electrons. The molecule has 0 fully saturated rings. The molecule has 0 spiro atoms. The molecule has 0 radical (unpaired) electrons. The van der Waals surface area contributed by atoms with Gasteiger partial charge in [0.1, 0.15) is 5.76 Å². The maximum Gasteiger partial charge on any atom is 0.108 e. The van der Waals surface area contributed by atoms with Gasteiger partial charge in [0.05, 0.1) is 0 Å². The smallest absolute Gasteiger partial charge is 0.108 e. The zero-order valence-corrected chi connectivity index (χ0v) is 6.64. The maximum atomic E-state index is 8.89. The molecule has 0 amide bonds. The van der Waals surface area contributed by atoms with Crippen molar-refractivity contribution in [2.45, 2.75) is 39.0 Å². The molecule has 0 atom stereocenters. The zero-order valence-electron chi connectivity index (χ0n) is 6.64. The van der Waals surface area contributed by atoms with Crippen molar-refractivity contribution in [3.63, 3.8) is 0 Å². The average Bonchev–Trinajstić information content (AvgIpc) is 1.98. The number of rotatable bonds is 5. The number of hydrogen-bond acceptors (Lipinski definition) is 2. The minimum atomic E-state index is 0.316. The predicted molar refractivity (Wildman–Crippen MR) is 43.7 cm³/mol. The standard InChI is InChI=1S/C8H17NO/c1-2-3-4-5-6-8(10)7-9/h7,10H,2-6,9H2,1H3. The van der Waals surface area contributed by atoms with Gasteiger partial charge in [-0.2, -0.15) is 0 Å². The van der Waals surface area contributed by atoms with Crippen LogP contribution in [0.5, 0.6) is 0 Å². The summed E-state index contributed by atoms with van der Waals surface area (Å²) in [5.74, 6) is 0.316. The van der Waals surface area contributed by atoms with Gasteiger partial charge in [-0.05, 0) is 6.42 Å². The second kappa shape index (κ2) is 6.46. The van der Waals surface area contributed by atoms with Gasteiger partial charge in [0.15, 0.2) is 0 Å². The molecule has 0 aromatic rings. The highest BCUT2D eigenvalue weighted by atomic mass is 16.3. The second-order valence-corrected chi connectivity index (χ2v) is 2.47. The average molecular weight is 143 g/mol. The Bertz CT molecular complexity index is 99.4. The fourth-order valence-electron chi connectivity index (χ4n) is 0.816. The van der Waals surface area contributed by atoms with Crippen LogP contribution in [0.3, 0.4) is 0 Å². The van der Waals surface area contributed by atoms with Gasteiger partial charge in [0, 0.05) is 12.6 Å². The monoisotopic (exact) mass is 143 g/mol. The summed E-state index contributed by atoms with van der Waals surface area (Å²) < 4.78 is 0. The Morgan fingerprint density at radius 2 is 2.10 bits per heavy atom. The molecule has 0 aliphatic heterocycles. The predicted octanol–water partition coefficient (Wildman–Crippen LogP) is 2.31. The Labute approximate surface area is 62.7 Å². The molecule has 0 bridgehead atoms. The molecule has 3 N–H and O–H groups in total. The summed E-state index contributed by atoms with van der Waals surface area (Å²) in [5.41, 5.74) is 5.07. The largest absolute Gasteiger partial charge is 0.511 e. The van der Waals surface area contributed by atoms with Crippen LogP contribution in [0.2, 0.25) is 0 Å².